The maximum atomic E-state index is 11.7. The number of esters is 1. The number of hydrogen-bond donors (Lipinski definition) is 2. The molecule has 1 aromatic carbocycles. The van der Waals surface area contributed by atoms with E-state index < -0.39 is 5.97 Å². The number of anilines is 1. The molecule has 2 N–H and O–H groups in total. The van der Waals surface area contributed by atoms with Gasteiger partial charge in [-0.3, -0.25) is 0 Å². The maximum Gasteiger partial charge on any atom is 0.340 e. The van der Waals surface area contributed by atoms with Crippen molar-refractivity contribution in [2.45, 2.75) is 19.8 Å². The molecule has 0 aliphatic rings. The topological polar surface area (TPSA) is 67.4 Å². The largest absolute Gasteiger partial charge is 0.465 e. The van der Waals surface area contributed by atoms with Crippen molar-refractivity contribution in [2.24, 2.45) is 0 Å². The average Bonchev–Trinajstić information content (AvgIpc) is 2.40. The maximum absolute atomic E-state index is 11.7. The molecule has 0 bridgehead atoms. The summed E-state index contributed by atoms with van der Waals surface area (Å²) in [6.07, 6.45) is 1.93. The van der Waals surface area contributed by atoms with Gasteiger partial charge in [0.25, 0.3) is 0 Å². The molecule has 0 aliphatic carbocycles. The van der Waals surface area contributed by atoms with Gasteiger partial charge in [-0.05, 0) is 47.2 Å². The van der Waals surface area contributed by atoms with Crippen molar-refractivity contribution in [3.05, 3.63) is 27.3 Å². The number of benzene rings is 1. The Labute approximate surface area is 126 Å². The molecule has 0 aromatic heterocycles. The minimum Gasteiger partial charge on any atom is -0.465 e. The second-order valence-corrected chi connectivity index (χ2v) is 5.16. The van der Waals surface area contributed by atoms with Crippen LogP contribution in [0.5, 0.6) is 0 Å². The third-order valence-electron chi connectivity index (χ3n) is 2.45. The van der Waals surface area contributed by atoms with E-state index in [0.717, 1.165) is 16.4 Å². The predicted molar refractivity (Wildman–Crippen MR) is 82.4 cm³/mol. The third kappa shape index (κ3) is 5.06. The predicted octanol–water partition coefficient (Wildman–Crippen LogP) is 3.00. The number of carbonyl (C=O) groups is 2. The van der Waals surface area contributed by atoms with E-state index in [2.05, 4.69) is 33.2 Å². The van der Waals surface area contributed by atoms with E-state index in [0.29, 0.717) is 17.8 Å². The molecule has 2 amide bonds. The van der Waals surface area contributed by atoms with E-state index in [1.165, 1.54) is 7.11 Å². The van der Waals surface area contributed by atoms with Gasteiger partial charge >= 0.3 is 12.0 Å². The molecule has 0 radical (unpaired) electrons. The number of amides is 2. The lowest BCUT2D eigenvalue weighted by molar-refractivity contribution is 0.0602. The van der Waals surface area contributed by atoms with Gasteiger partial charge in [-0.1, -0.05) is 13.3 Å². The van der Waals surface area contributed by atoms with E-state index >= 15 is 0 Å². The summed E-state index contributed by atoms with van der Waals surface area (Å²) in [5.41, 5.74) is 0.793. The number of unbranched alkanes of at least 4 members (excludes halogenated alkanes) is 1. The first kappa shape index (κ1) is 15.7. The summed E-state index contributed by atoms with van der Waals surface area (Å²) in [5.74, 6) is -0.470. The summed E-state index contributed by atoms with van der Waals surface area (Å²) in [6.45, 7) is 2.66. The van der Waals surface area contributed by atoms with Gasteiger partial charge in [0.2, 0.25) is 0 Å². The van der Waals surface area contributed by atoms with Gasteiger partial charge in [0.05, 0.1) is 18.4 Å². The number of methoxy groups -OCH3 is 1. The van der Waals surface area contributed by atoms with Crippen molar-refractivity contribution in [2.75, 3.05) is 19.0 Å². The van der Waals surface area contributed by atoms with Gasteiger partial charge in [0.1, 0.15) is 0 Å². The molecule has 1 rings (SSSR count). The minimum absolute atomic E-state index is 0.320. The van der Waals surface area contributed by atoms with E-state index in [9.17, 15) is 9.59 Å². The van der Waals surface area contributed by atoms with Crippen LogP contribution in [-0.2, 0) is 4.74 Å². The molecule has 0 saturated carbocycles. The summed E-state index contributed by atoms with van der Waals surface area (Å²) < 4.78 is 5.60. The first-order chi connectivity index (χ1) is 9.08. The first-order valence-electron chi connectivity index (χ1n) is 6.01. The highest BCUT2D eigenvalue weighted by Gasteiger charge is 2.14. The lowest BCUT2D eigenvalue weighted by Gasteiger charge is -2.11. The van der Waals surface area contributed by atoms with Crippen molar-refractivity contribution in [3.63, 3.8) is 0 Å². The number of nitrogens with one attached hydrogen (secondary N) is 2. The Morgan fingerprint density at radius 3 is 2.74 bits per heavy atom. The molecular formula is C13H17IN2O3. The number of rotatable bonds is 5. The Hall–Kier alpha value is -1.31. The van der Waals surface area contributed by atoms with Crippen LogP contribution in [0.15, 0.2) is 18.2 Å². The molecule has 0 unspecified atom stereocenters. The summed E-state index contributed by atoms with van der Waals surface area (Å²) >= 11 is 2.10. The fourth-order valence-electron chi connectivity index (χ4n) is 1.45. The van der Waals surface area contributed by atoms with Gasteiger partial charge in [-0.25, -0.2) is 9.59 Å². The lowest BCUT2D eigenvalue weighted by Crippen LogP contribution is -2.30. The van der Waals surface area contributed by atoms with Crippen LogP contribution in [0.1, 0.15) is 30.1 Å². The van der Waals surface area contributed by atoms with Gasteiger partial charge < -0.3 is 15.4 Å². The summed E-state index contributed by atoms with van der Waals surface area (Å²) in [6, 6.07) is 4.86. The second-order valence-electron chi connectivity index (χ2n) is 3.92. The van der Waals surface area contributed by atoms with Crippen LogP contribution in [0.25, 0.3) is 0 Å². The number of hydrogen-bond acceptors (Lipinski definition) is 3. The molecule has 1 aromatic rings. The Kier molecular flexibility index (Phi) is 6.61. The average molecular weight is 376 g/mol. The molecule has 6 heteroatoms. The van der Waals surface area contributed by atoms with Crippen LogP contribution in [0, 0.1) is 3.57 Å². The van der Waals surface area contributed by atoms with Gasteiger partial charge in [0, 0.05) is 10.1 Å². The first-order valence-corrected chi connectivity index (χ1v) is 7.09. The molecule has 104 valence electrons. The van der Waals surface area contributed by atoms with Crippen molar-refractivity contribution >= 4 is 40.3 Å². The number of urea groups is 1. The fraction of sp³-hybridized carbons (Fsp3) is 0.385. The van der Waals surface area contributed by atoms with Gasteiger partial charge in [-0.15, -0.1) is 0 Å². The fourth-order valence-corrected chi connectivity index (χ4v) is 1.94. The summed E-state index contributed by atoms with van der Waals surface area (Å²) in [7, 11) is 1.31. The molecule has 19 heavy (non-hydrogen) atoms. The molecule has 0 fully saturated rings. The van der Waals surface area contributed by atoms with Crippen LogP contribution in [0.3, 0.4) is 0 Å². The standard InChI is InChI=1S/C13H17IN2O3/c1-3-4-7-15-13(18)16-11-6-5-9(14)8-10(11)12(17)19-2/h5-6,8H,3-4,7H2,1-2H3,(H2,15,16,18). The number of halogens is 1. The molecule has 5 nitrogen and oxygen atoms in total. The molecule has 0 atom stereocenters. The van der Waals surface area contributed by atoms with Crippen LogP contribution in [-0.4, -0.2) is 25.7 Å². The van der Waals surface area contributed by atoms with E-state index in [1.54, 1.807) is 12.1 Å². The SMILES string of the molecule is CCCCNC(=O)Nc1ccc(I)cc1C(=O)OC. The highest BCUT2D eigenvalue weighted by atomic mass is 127. The van der Waals surface area contributed by atoms with Crippen LogP contribution in [0.2, 0.25) is 0 Å². The van der Waals surface area contributed by atoms with Gasteiger partial charge in [-0.2, -0.15) is 0 Å². The zero-order valence-corrected chi connectivity index (χ0v) is 13.1. The second kappa shape index (κ2) is 7.98. The highest BCUT2D eigenvalue weighted by Crippen LogP contribution is 2.19. The van der Waals surface area contributed by atoms with Crippen molar-refractivity contribution in [3.8, 4) is 0 Å². The Morgan fingerprint density at radius 2 is 2.11 bits per heavy atom. The van der Waals surface area contributed by atoms with Crippen molar-refractivity contribution in [1.29, 1.82) is 0 Å². The Balaban J connectivity index is 2.77. The van der Waals surface area contributed by atoms with Crippen LogP contribution < -0.4 is 10.6 Å². The highest BCUT2D eigenvalue weighted by molar-refractivity contribution is 14.1. The Morgan fingerprint density at radius 1 is 1.37 bits per heavy atom. The van der Waals surface area contributed by atoms with E-state index in [1.807, 2.05) is 13.0 Å². The lowest BCUT2D eigenvalue weighted by atomic mass is 10.2. The summed E-state index contributed by atoms with van der Waals surface area (Å²) in [5, 5.41) is 5.38. The van der Waals surface area contributed by atoms with Crippen molar-refractivity contribution in [1.82, 2.24) is 5.32 Å². The number of ether oxygens (including phenoxy) is 1. The van der Waals surface area contributed by atoms with Crippen molar-refractivity contribution < 1.29 is 14.3 Å². The van der Waals surface area contributed by atoms with Crippen LogP contribution >= 0.6 is 22.6 Å². The minimum atomic E-state index is -0.470. The summed E-state index contributed by atoms with van der Waals surface area (Å²) in [4.78, 5) is 23.3. The monoisotopic (exact) mass is 376 g/mol. The molecule has 0 spiro atoms. The quantitative estimate of drug-likeness (QED) is 0.472. The Bertz CT molecular complexity index is 463. The number of carbonyl (C=O) groups excluding carboxylic acids is 2. The van der Waals surface area contributed by atoms with Crippen LogP contribution in [0.4, 0.5) is 10.5 Å². The van der Waals surface area contributed by atoms with Gasteiger partial charge in [0.15, 0.2) is 0 Å². The molecular weight excluding hydrogens is 359 g/mol. The molecule has 0 saturated heterocycles. The molecule has 0 heterocycles. The zero-order chi connectivity index (χ0) is 14.3. The smallest absolute Gasteiger partial charge is 0.340 e. The van der Waals surface area contributed by atoms with E-state index in [-0.39, 0.29) is 6.03 Å². The van der Waals surface area contributed by atoms with E-state index in [4.69, 9.17) is 4.74 Å². The normalized spacial score (nSPS) is 9.84. The molecule has 0 aliphatic heterocycles. The third-order valence-corrected chi connectivity index (χ3v) is 3.12. The zero-order valence-electron chi connectivity index (χ0n) is 11.0.